The minimum Gasteiger partial charge on any atom is -0.311 e. The predicted molar refractivity (Wildman–Crippen MR) is 101 cm³/mol. The molecule has 0 unspecified atom stereocenters. The number of halogens is 1. The first-order chi connectivity index (χ1) is 12.1. The van der Waals surface area contributed by atoms with Gasteiger partial charge in [-0.15, -0.1) is 0 Å². The standard InChI is InChI=1S/C17H13ClN6O/c1-24-15-8-3-2-7-13(15)16(22-23-19)14(17(24)25)10-20-21-12-6-4-5-11(18)9-12/h2-10,21H,1H3/b20-10+. The molecule has 124 valence electrons. The zero-order valence-electron chi connectivity index (χ0n) is 13.2. The van der Waals surface area contributed by atoms with Gasteiger partial charge in [-0.3, -0.25) is 10.2 Å². The van der Waals surface area contributed by atoms with Gasteiger partial charge in [-0.1, -0.05) is 41.0 Å². The summed E-state index contributed by atoms with van der Waals surface area (Å²) >= 11 is 5.92. The normalized spacial score (nSPS) is 10.8. The molecule has 1 heterocycles. The molecule has 2 aromatic carbocycles. The van der Waals surface area contributed by atoms with Crippen molar-refractivity contribution in [2.75, 3.05) is 5.43 Å². The van der Waals surface area contributed by atoms with Crippen LogP contribution in [0.15, 0.2) is 63.5 Å². The molecular weight excluding hydrogens is 340 g/mol. The second-order valence-electron chi connectivity index (χ2n) is 5.21. The number of hydrazone groups is 1. The van der Waals surface area contributed by atoms with Crippen LogP contribution in [0.5, 0.6) is 0 Å². The summed E-state index contributed by atoms with van der Waals surface area (Å²) in [6.45, 7) is 0. The molecule has 1 N–H and O–H groups in total. The molecular formula is C17H13ClN6O. The van der Waals surface area contributed by atoms with E-state index in [2.05, 4.69) is 20.6 Å². The quantitative estimate of drug-likeness (QED) is 0.244. The van der Waals surface area contributed by atoms with Gasteiger partial charge in [0, 0.05) is 22.4 Å². The fraction of sp³-hybridized carbons (Fsp3) is 0.0588. The third kappa shape index (κ3) is 3.33. The largest absolute Gasteiger partial charge is 0.311 e. The maximum absolute atomic E-state index is 12.6. The zero-order valence-corrected chi connectivity index (χ0v) is 14.0. The van der Waals surface area contributed by atoms with E-state index in [1.54, 1.807) is 43.4 Å². The van der Waals surface area contributed by atoms with Gasteiger partial charge in [-0.25, -0.2) is 0 Å². The van der Waals surface area contributed by atoms with Crippen molar-refractivity contribution in [3.8, 4) is 0 Å². The van der Waals surface area contributed by atoms with Crippen molar-refractivity contribution < 1.29 is 0 Å². The summed E-state index contributed by atoms with van der Waals surface area (Å²) < 4.78 is 1.49. The minimum atomic E-state index is -0.308. The lowest BCUT2D eigenvalue weighted by molar-refractivity contribution is 0.903. The molecule has 0 spiro atoms. The van der Waals surface area contributed by atoms with Gasteiger partial charge in [0.2, 0.25) is 0 Å². The van der Waals surface area contributed by atoms with Gasteiger partial charge in [0.05, 0.1) is 28.7 Å². The van der Waals surface area contributed by atoms with E-state index in [4.69, 9.17) is 17.1 Å². The Morgan fingerprint density at radius 2 is 2.04 bits per heavy atom. The van der Waals surface area contributed by atoms with E-state index < -0.39 is 0 Å². The summed E-state index contributed by atoms with van der Waals surface area (Å²) in [6, 6.07) is 14.2. The van der Waals surface area contributed by atoms with Crippen molar-refractivity contribution in [3.63, 3.8) is 0 Å². The third-order valence-corrected chi connectivity index (χ3v) is 3.90. The zero-order chi connectivity index (χ0) is 17.8. The first kappa shape index (κ1) is 16.6. The number of azide groups is 1. The van der Waals surface area contributed by atoms with Crippen LogP contribution in [0, 0.1) is 0 Å². The van der Waals surface area contributed by atoms with Crippen LogP contribution in [0.4, 0.5) is 11.4 Å². The van der Waals surface area contributed by atoms with Gasteiger partial charge in [0.15, 0.2) is 0 Å². The van der Waals surface area contributed by atoms with Crippen molar-refractivity contribution in [1.29, 1.82) is 0 Å². The maximum Gasteiger partial charge on any atom is 0.260 e. The van der Waals surface area contributed by atoms with E-state index >= 15 is 0 Å². The van der Waals surface area contributed by atoms with E-state index in [1.165, 1.54) is 10.8 Å². The fourth-order valence-electron chi connectivity index (χ4n) is 2.50. The molecule has 0 fully saturated rings. The molecule has 0 aliphatic carbocycles. The Hall–Kier alpha value is -3.28. The van der Waals surface area contributed by atoms with Crippen LogP contribution in [0.1, 0.15) is 5.56 Å². The molecule has 0 bridgehead atoms. The summed E-state index contributed by atoms with van der Waals surface area (Å²) in [7, 11) is 1.66. The lowest BCUT2D eigenvalue weighted by Gasteiger charge is -2.10. The van der Waals surface area contributed by atoms with E-state index in [0.29, 0.717) is 21.6 Å². The molecule has 0 amide bonds. The second kappa shape index (κ2) is 7.09. The number of nitrogens with one attached hydrogen (secondary N) is 1. The van der Waals surface area contributed by atoms with Gasteiger partial charge in [-0.2, -0.15) is 5.10 Å². The molecule has 0 aliphatic heterocycles. The van der Waals surface area contributed by atoms with Crippen LogP contribution in [0.25, 0.3) is 21.3 Å². The SMILES string of the molecule is Cn1c(=O)c(/C=N/Nc2cccc(Cl)c2)c(N=[N+]=[N-])c2ccccc21. The van der Waals surface area contributed by atoms with Crippen LogP contribution in [-0.2, 0) is 7.05 Å². The summed E-state index contributed by atoms with van der Waals surface area (Å²) in [4.78, 5) is 15.5. The summed E-state index contributed by atoms with van der Waals surface area (Å²) in [5.74, 6) is 0. The Morgan fingerprint density at radius 1 is 1.24 bits per heavy atom. The Kier molecular flexibility index (Phi) is 4.70. The highest BCUT2D eigenvalue weighted by Crippen LogP contribution is 2.27. The topological polar surface area (TPSA) is 95.1 Å². The van der Waals surface area contributed by atoms with Gasteiger partial charge in [0.1, 0.15) is 0 Å². The number of pyridine rings is 1. The number of hydrogen-bond donors (Lipinski definition) is 1. The van der Waals surface area contributed by atoms with Crippen LogP contribution in [0.3, 0.4) is 0 Å². The number of anilines is 1. The lowest BCUT2D eigenvalue weighted by atomic mass is 10.1. The average Bonchev–Trinajstić information content (AvgIpc) is 2.62. The van der Waals surface area contributed by atoms with Crippen molar-refractivity contribution in [1.82, 2.24) is 4.57 Å². The number of para-hydroxylation sites is 1. The summed E-state index contributed by atoms with van der Waals surface area (Å²) in [6.07, 6.45) is 1.35. The van der Waals surface area contributed by atoms with Gasteiger partial charge < -0.3 is 4.57 Å². The van der Waals surface area contributed by atoms with Crippen molar-refractivity contribution >= 4 is 40.1 Å². The van der Waals surface area contributed by atoms with Crippen molar-refractivity contribution in [3.05, 3.63) is 79.9 Å². The Bertz CT molecular complexity index is 1080. The highest BCUT2D eigenvalue weighted by atomic mass is 35.5. The Morgan fingerprint density at radius 3 is 2.80 bits per heavy atom. The monoisotopic (exact) mass is 352 g/mol. The van der Waals surface area contributed by atoms with Gasteiger partial charge in [-0.05, 0) is 29.8 Å². The first-order valence-corrected chi connectivity index (χ1v) is 7.71. The lowest BCUT2D eigenvalue weighted by Crippen LogP contribution is -2.21. The maximum atomic E-state index is 12.6. The summed E-state index contributed by atoms with van der Waals surface area (Å²) in [5, 5.41) is 9.02. The molecule has 3 rings (SSSR count). The first-order valence-electron chi connectivity index (χ1n) is 7.33. The van der Waals surface area contributed by atoms with Crippen molar-refractivity contribution in [2.24, 2.45) is 17.3 Å². The number of fused-ring (bicyclic) bond motifs is 1. The predicted octanol–water partition coefficient (Wildman–Crippen LogP) is 4.58. The molecule has 0 radical (unpaired) electrons. The molecule has 0 atom stereocenters. The van der Waals surface area contributed by atoms with E-state index in [-0.39, 0.29) is 16.8 Å². The van der Waals surface area contributed by atoms with Gasteiger partial charge >= 0.3 is 0 Å². The van der Waals surface area contributed by atoms with Crippen LogP contribution < -0.4 is 11.0 Å². The molecule has 1 aromatic heterocycles. The number of nitrogens with zero attached hydrogens (tertiary/aromatic N) is 5. The molecule has 0 aliphatic rings. The van der Waals surface area contributed by atoms with Crippen molar-refractivity contribution in [2.45, 2.75) is 0 Å². The Balaban J connectivity index is 2.10. The van der Waals surface area contributed by atoms with E-state index in [9.17, 15) is 4.79 Å². The van der Waals surface area contributed by atoms with Crippen LogP contribution in [0.2, 0.25) is 5.02 Å². The van der Waals surface area contributed by atoms with Crippen LogP contribution >= 0.6 is 11.6 Å². The third-order valence-electron chi connectivity index (χ3n) is 3.67. The smallest absolute Gasteiger partial charge is 0.260 e. The number of aromatic nitrogens is 1. The van der Waals surface area contributed by atoms with E-state index in [1.807, 2.05) is 12.1 Å². The highest BCUT2D eigenvalue weighted by Gasteiger charge is 2.12. The number of hydrogen-bond acceptors (Lipinski definition) is 4. The molecule has 0 saturated carbocycles. The average molecular weight is 353 g/mol. The number of benzene rings is 2. The molecule has 0 saturated heterocycles. The molecule has 7 nitrogen and oxygen atoms in total. The molecule has 25 heavy (non-hydrogen) atoms. The number of rotatable bonds is 4. The van der Waals surface area contributed by atoms with Crippen LogP contribution in [-0.4, -0.2) is 10.8 Å². The second-order valence-corrected chi connectivity index (χ2v) is 5.65. The van der Waals surface area contributed by atoms with E-state index in [0.717, 1.165) is 0 Å². The minimum absolute atomic E-state index is 0.202. The summed E-state index contributed by atoms with van der Waals surface area (Å²) in [5.41, 5.74) is 13.2. The van der Waals surface area contributed by atoms with Gasteiger partial charge in [0.25, 0.3) is 5.56 Å². The molecule has 8 heteroatoms. The molecule has 3 aromatic rings. The number of aryl methyl sites for hydroxylation is 1. The highest BCUT2D eigenvalue weighted by molar-refractivity contribution is 6.30. The fourth-order valence-corrected chi connectivity index (χ4v) is 2.69. The Labute approximate surface area is 147 Å².